The molecule has 0 heterocycles. The summed E-state index contributed by atoms with van der Waals surface area (Å²) in [5, 5.41) is 9.56. The van der Waals surface area contributed by atoms with E-state index in [1.54, 1.807) is 0 Å². The van der Waals surface area contributed by atoms with Gasteiger partial charge < -0.3 is 14.6 Å². The standard InChI is InChI=1S/C50H80O5/c1-3-5-7-9-11-13-15-17-18-19-20-21-22-23-24-25-26-27-28-29-30-31-32-33-35-37-39-41-43-45-50(53)55-48(46-51)47-54-49(52)44-42-40-38-36-34-16-14-12-10-8-6-4-2/h5,7,11-14,17-18,20-21,23-24,26-27,29-30,32-33,48,51H,3-4,6,8-10,15-16,19,22,25,28,31,34-47H2,1-2H3/b7-5-,13-11-,14-12-,18-17-,21-20-,24-23-,27-26-,30-29-,33-32-. The normalized spacial score (nSPS) is 13.3. The van der Waals surface area contributed by atoms with Crippen molar-refractivity contribution in [2.24, 2.45) is 0 Å². The number of carbonyl (C=O) groups is 2. The van der Waals surface area contributed by atoms with Crippen LogP contribution in [0.25, 0.3) is 0 Å². The van der Waals surface area contributed by atoms with Crippen LogP contribution < -0.4 is 0 Å². The van der Waals surface area contributed by atoms with Gasteiger partial charge in [-0.1, -0.05) is 168 Å². The molecule has 0 aromatic heterocycles. The van der Waals surface area contributed by atoms with Crippen molar-refractivity contribution in [3.05, 3.63) is 109 Å². The first-order chi connectivity index (χ1) is 27.1. The second-order valence-corrected chi connectivity index (χ2v) is 14.0. The second-order valence-electron chi connectivity index (χ2n) is 14.0. The van der Waals surface area contributed by atoms with Crippen LogP contribution in [0.4, 0.5) is 0 Å². The topological polar surface area (TPSA) is 72.8 Å². The van der Waals surface area contributed by atoms with Crippen LogP contribution >= 0.6 is 0 Å². The SMILES string of the molecule is CC/C=C\C/C=C\C/C=C\C/C=C\C/C=C\C/C=C\C/C=C\C/C=C\CCCCCCC(=O)OC(CO)COC(=O)CCCCCCC/C=C\CCCCC. The predicted molar refractivity (Wildman–Crippen MR) is 237 cm³/mol. The third-order valence-corrected chi connectivity index (χ3v) is 8.80. The molecule has 0 aromatic rings. The Kier molecular flexibility index (Phi) is 42.1. The maximum Gasteiger partial charge on any atom is 0.306 e. The molecule has 1 unspecified atom stereocenters. The van der Waals surface area contributed by atoms with E-state index < -0.39 is 6.10 Å². The summed E-state index contributed by atoms with van der Waals surface area (Å²) >= 11 is 0. The Morgan fingerprint density at radius 1 is 0.436 bits per heavy atom. The van der Waals surface area contributed by atoms with Crippen LogP contribution in [-0.2, 0) is 19.1 Å². The van der Waals surface area contributed by atoms with Gasteiger partial charge in [-0.3, -0.25) is 9.59 Å². The highest BCUT2D eigenvalue weighted by Gasteiger charge is 2.16. The maximum atomic E-state index is 12.2. The summed E-state index contributed by atoms with van der Waals surface area (Å²) in [4.78, 5) is 24.3. The second kappa shape index (κ2) is 45.0. The Labute approximate surface area is 338 Å². The molecule has 0 saturated heterocycles. The monoisotopic (exact) mass is 761 g/mol. The predicted octanol–water partition coefficient (Wildman–Crippen LogP) is 14.2. The largest absolute Gasteiger partial charge is 0.462 e. The summed E-state index contributed by atoms with van der Waals surface area (Å²) in [5.41, 5.74) is 0. The van der Waals surface area contributed by atoms with Crippen LogP contribution in [-0.4, -0.2) is 36.4 Å². The number of unbranched alkanes of at least 4 members (excludes halogenated alkanes) is 12. The molecule has 0 aliphatic heterocycles. The van der Waals surface area contributed by atoms with Gasteiger partial charge in [0.2, 0.25) is 0 Å². The van der Waals surface area contributed by atoms with E-state index in [1.165, 1.54) is 38.5 Å². The van der Waals surface area contributed by atoms with E-state index >= 15 is 0 Å². The smallest absolute Gasteiger partial charge is 0.306 e. The molecule has 1 N–H and O–H groups in total. The average Bonchev–Trinajstić information content (AvgIpc) is 3.19. The quantitative estimate of drug-likeness (QED) is 0.0385. The van der Waals surface area contributed by atoms with E-state index in [4.69, 9.17) is 9.47 Å². The lowest BCUT2D eigenvalue weighted by molar-refractivity contribution is -0.161. The first kappa shape index (κ1) is 51.6. The van der Waals surface area contributed by atoms with E-state index in [2.05, 4.69) is 123 Å². The number of allylic oxidation sites excluding steroid dienone is 18. The van der Waals surface area contributed by atoms with Crippen LogP contribution in [0.5, 0.6) is 0 Å². The minimum atomic E-state index is -0.795. The zero-order valence-corrected chi connectivity index (χ0v) is 35.1. The van der Waals surface area contributed by atoms with Crippen molar-refractivity contribution in [3.63, 3.8) is 0 Å². The number of hydrogen-bond acceptors (Lipinski definition) is 5. The summed E-state index contributed by atoms with van der Waals surface area (Å²) in [6, 6.07) is 0. The van der Waals surface area contributed by atoms with E-state index in [0.29, 0.717) is 12.8 Å². The van der Waals surface area contributed by atoms with Crippen LogP contribution in [0.3, 0.4) is 0 Å². The molecule has 0 aromatic carbocycles. The van der Waals surface area contributed by atoms with Gasteiger partial charge >= 0.3 is 11.9 Å². The van der Waals surface area contributed by atoms with E-state index in [0.717, 1.165) is 109 Å². The van der Waals surface area contributed by atoms with Gasteiger partial charge in [0.05, 0.1) is 6.61 Å². The zero-order chi connectivity index (χ0) is 40.0. The Morgan fingerprint density at radius 3 is 1.20 bits per heavy atom. The summed E-state index contributed by atoms with van der Waals surface area (Å²) in [7, 11) is 0. The fraction of sp³-hybridized carbons (Fsp3) is 0.600. The van der Waals surface area contributed by atoms with Gasteiger partial charge in [-0.15, -0.1) is 0 Å². The molecule has 0 aliphatic rings. The molecule has 0 saturated carbocycles. The Hall–Kier alpha value is -3.44. The van der Waals surface area contributed by atoms with Gasteiger partial charge in [0.1, 0.15) is 6.61 Å². The fourth-order valence-corrected chi connectivity index (χ4v) is 5.50. The molecule has 1 atom stereocenters. The van der Waals surface area contributed by atoms with E-state index in [1.807, 2.05) is 0 Å². The highest BCUT2D eigenvalue weighted by molar-refractivity contribution is 5.70. The molecule has 5 nitrogen and oxygen atoms in total. The van der Waals surface area contributed by atoms with Crippen molar-refractivity contribution in [2.45, 2.75) is 180 Å². The van der Waals surface area contributed by atoms with Gasteiger partial charge in [0.15, 0.2) is 6.10 Å². The number of rotatable bonds is 38. The molecule has 0 spiro atoms. The molecule has 5 heteroatoms. The number of ether oxygens (including phenoxy) is 2. The third-order valence-electron chi connectivity index (χ3n) is 8.80. The molecular weight excluding hydrogens is 681 g/mol. The van der Waals surface area contributed by atoms with Crippen LogP contribution in [0, 0.1) is 0 Å². The van der Waals surface area contributed by atoms with Crippen molar-refractivity contribution >= 4 is 11.9 Å². The van der Waals surface area contributed by atoms with Gasteiger partial charge in [-0.25, -0.2) is 0 Å². The molecule has 310 valence electrons. The summed E-state index contributed by atoms with van der Waals surface area (Å²) in [6.45, 7) is 3.95. The molecule has 0 bridgehead atoms. The highest BCUT2D eigenvalue weighted by Crippen LogP contribution is 2.11. The average molecular weight is 761 g/mol. The van der Waals surface area contributed by atoms with Gasteiger partial charge in [0.25, 0.3) is 0 Å². The minimum absolute atomic E-state index is 0.0876. The van der Waals surface area contributed by atoms with Gasteiger partial charge in [-0.05, 0) is 103 Å². The molecule has 0 aliphatic carbocycles. The highest BCUT2D eigenvalue weighted by atomic mass is 16.6. The summed E-state index contributed by atoms with van der Waals surface area (Å²) < 4.78 is 10.6. The molecule has 0 radical (unpaired) electrons. The van der Waals surface area contributed by atoms with Crippen LogP contribution in [0.15, 0.2) is 109 Å². The lowest BCUT2D eigenvalue weighted by atomic mass is 10.1. The van der Waals surface area contributed by atoms with E-state index in [9.17, 15) is 14.7 Å². The van der Waals surface area contributed by atoms with Gasteiger partial charge in [0, 0.05) is 12.8 Å². The van der Waals surface area contributed by atoms with Crippen molar-refractivity contribution in [1.29, 1.82) is 0 Å². The van der Waals surface area contributed by atoms with Crippen LogP contribution in [0.1, 0.15) is 174 Å². The van der Waals surface area contributed by atoms with E-state index in [-0.39, 0.29) is 25.2 Å². The van der Waals surface area contributed by atoms with Crippen molar-refractivity contribution < 1.29 is 24.2 Å². The molecule has 0 fully saturated rings. The maximum absolute atomic E-state index is 12.2. The molecular formula is C50H80O5. The Morgan fingerprint density at radius 2 is 0.782 bits per heavy atom. The number of carbonyl (C=O) groups excluding carboxylic acids is 2. The summed E-state index contributed by atoms with van der Waals surface area (Å²) in [5.74, 6) is -0.642. The fourth-order valence-electron chi connectivity index (χ4n) is 5.50. The Balaban J connectivity index is 3.68. The van der Waals surface area contributed by atoms with Crippen LogP contribution in [0.2, 0.25) is 0 Å². The van der Waals surface area contributed by atoms with Gasteiger partial charge in [-0.2, -0.15) is 0 Å². The number of aliphatic hydroxyl groups excluding tert-OH is 1. The molecule has 0 rings (SSSR count). The lowest BCUT2D eigenvalue weighted by Gasteiger charge is -2.15. The minimum Gasteiger partial charge on any atom is -0.462 e. The zero-order valence-electron chi connectivity index (χ0n) is 35.1. The number of aliphatic hydroxyl groups is 1. The first-order valence-electron chi connectivity index (χ1n) is 21.9. The van der Waals surface area contributed by atoms with Crippen molar-refractivity contribution in [3.8, 4) is 0 Å². The summed E-state index contributed by atoms with van der Waals surface area (Å²) in [6.07, 6.45) is 64.4. The first-order valence-corrected chi connectivity index (χ1v) is 21.9. The molecule has 0 amide bonds. The van der Waals surface area contributed by atoms with Crippen molar-refractivity contribution in [1.82, 2.24) is 0 Å². The Bertz CT molecular complexity index is 1130. The lowest BCUT2D eigenvalue weighted by Crippen LogP contribution is -2.28. The molecule has 55 heavy (non-hydrogen) atoms. The third kappa shape index (κ3) is 43.2. The number of esters is 2. The van der Waals surface area contributed by atoms with Crippen molar-refractivity contribution in [2.75, 3.05) is 13.2 Å². The number of hydrogen-bond donors (Lipinski definition) is 1.